The average Bonchev–Trinajstić information content (AvgIpc) is 3.40. The van der Waals surface area contributed by atoms with E-state index in [2.05, 4.69) is 10.6 Å². The summed E-state index contributed by atoms with van der Waals surface area (Å²) < 4.78 is 1.97. The second kappa shape index (κ2) is 10.1. The summed E-state index contributed by atoms with van der Waals surface area (Å²) in [6, 6.07) is 7.09. The number of para-hydroxylation sites is 1. The maximum Gasteiger partial charge on any atom is 0.273 e. The van der Waals surface area contributed by atoms with Gasteiger partial charge in [0.05, 0.1) is 11.1 Å². The number of rotatable bonds is 7. The van der Waals surface area contributed by atoms with Gasteiger partial charge < -0.3 is 15.7 Å². The van der Waals surface area contributed by atoms with Gasteiger partial charge in [0.2, 0.25) is 5.91 Å². The second-order valence-electron chi connectivity index (χ2n) is 11.5. The molecule has 34 heavy (non-hydrogen) atoms. The Bertz CT molecular complexity index is 1010. The molecule has 4 rings (SSSR count). The molecule has 7 nitrogen and oxygen atoms in total. The zero-order chi connectivity index (χ0) is 24.3. The minimum atomic E-state index is -0.837. The SMILES string of the molecule is CC(C)(C)[C@H](NC(=O)c1nn(CC2CCCCC2)c2ccccc12)C(=O)NCC1(O)CCCC1. The predicted octanol–water partition coefficient (Wildman–Crippen LogP) is 4.18. The number of carbonyl (C=O) groups excluding carboxylic acids is 2. The van der Waals surface area contributed by atoms with Crippen LogP contribution in [0.1, 0.15) is 89.0 Å². The number of benzene rings is 1. The van der Waals surface area contributed by atoms with Crippen molar-refractivity contribution in [2.45, 2.75) is 96.7 Å². The molecule has 0 spiro atoms. The van der Waals surface area contributed by atoms with E-state index in [1.807, 2.05) is 49.7 Å². The van der Waals surface area contributed by atoms with E-state index in [0.29, 0.717) is 24.5 Å². The van der Waals surface area contributed by atoms with Crippen LogP contribution in [0.15, 0.2) is 24.3 Å². The lowest BCUT2D eigenvalue weighted by molar-refractivity contribution is -0.126. The van der Waals surface area contributed by atoms with E-state index in [9.17, 15) is 14.7 Å². The number of aromatic nitrogens is 2. The van der Waals surface area contributed by atoms with Crippen LogP contribution in [0, 0.1) is 11.3 Å². The fourth-order valence-electron chi connectivity index (χ4n) is 5.49. The third-order valence-corrected chi connectivity index (χ3v) is 7.56. The molecule has 1 atom stereocenters. The summed E-state index contributed by atoms with van der Waals surface area (Å²) in [4.78, 5) is 26.6. The van der Waals surface area contributed by atoms with Gasteiger partial charge in [0.15, 0.2) is 5.69 Å². The molecule has 1 heterocycles. The van der Waals surface area contributed by atoms with Gasteiger partial charge >= 0.3 is 0 Å². The fourth-order valence-corrected chi connectivity index (χ4v) is 5.49. The molecule has 0 unspecified atom stereocenters. The normalized spacial score (nSPS) is 19.8. The Balaban J connectivity index is 1.52. The van der Waals surface area contributed by atoms with Gasteiger partial charge in [-0.15, -0.1) is 0 Å². The molecule has 1 aromatic carbocycles. The van der Waals surface area contributed by atoms with E-state index in [1.165, 1.54) is 32.1 Å². The van der Waals surface area contributed by atoms with Crippen LogP contribution in [0.4, 0.5) is 0 Å². The maximum atomic E-state index is 13.4. The van der Waals surface area contributed by atoms with Crippen LogP contribution in [0.5, 0.6) is 0 Å². The molecule has 2 fully saturated rings. The molecule has 2 amide bonds. The Kier molecular flexibility index (Phi) is 7.31. The van der Waals surface area contributed by atoms with Crippen molar-refractivity contribution in [3.05, 3.63) is 30.0 Å². The van der Waals surface area contributed by atoms with Gasteiger partial charge in [-0.25, -0.2) is 0 Å². The van der Waals surface area contributed by atoms with E-state index >= 15 is 0 Å². The fraction of sp³-hybridized carbons (Fsp3) is 0.667. The number of nitrogens with one attached hydrogen (secondary N) is 2. The number of fused-ring (bicyclic) bond motifs is 1. The van der Waals surface area contributed by atoms with Crippen LogP contribution in [-0.2, 0) is 11.3 Å². The number of amides is 2. The summed E-state index contributed by atoms with van der Waals surface area (Å²) >= 11 is 0. The Hall–Kier alpha value is -2.41. The van der Waals surface area contributed by atoms with Gasteiger partial charge in [0, 0.05) is 18.5 Å². The molecular weight excluding hydrogens is 428 g/mol. The van der Waals surface area contributed by atoms with Crippen LogP contribution >= 0.6 is 0 Å². The standard InChI is InChI=1S/C27H40N4O3/c1-26(2,3)23(25(33)28-18-27(34)15-9-10-16-27)29-24(32)22-20-13-7-8-14-21(20)31(30-22)17-19-11-5-4-6-12-19/h7-8,13-14,19,23,34H,4-6,9-12,15-18H2,1-3H3,(H,28,33)(H,29,32)/t23-/m1/s1. The lowest BCUT2D eigenvalue weighted by atomic mass is 9.85. The highest BCUT2D eigenvalue weighted by atomic mass is 16.3. The van der Waals surface area contributed by atoms with Crippen molar-refractivity contribution in [3.63, 3.8) is 0 Å². The highest BCUT2D eigenvalue weighted by molar-refractivity contribution is 6.06. The summed E-state index contributed by atoms with van der Waals surface area (Å²) in [5, 5.41) is 22.0. The number of hydrogen-bond acceptors (Lipinski definition) is 4. The highest BCUT2D eigenvalue weighted by Gasteiger charge is 2.37. The third kappa shape index (κ3) is 5.62. The second-order valence-corrected chi connectivity index (χ2v) is 11.5. The van der Waals surface area contributed by atoms with E-state index < -0.39 is 17.1 Å². The number of carbonyl (C=O) groups is 2. The number of hydrogen-bond donors (Lipinski definition) is 3. The van der Waals surface area contributed by atoms with Crippen LogP contribution in [0.2, 0.25) is 0 Å². The number of nitrogens with zero attached hydrogens (tertiary/aromatic N) is 2. The van der Waals surface area contributed by atoms with Gasteiger partial charge in [0.1, 0.15) is 6.04 Å². The van der Waals surface area contributed by atoms with E-state index in [-0.39, 0.29) is 18.4 Å². The first kappa shape index (κ1) is 24.7. The third-order valence-electron chi connectivity index (χ3n) is 7.56. The number of aliphatic hydroxyl groups is 1. The van der Waals surface area contributed by atoms with Gasteiger partial charge in [-0.3, -0.25) is 14.3 Å². The molecule has 2 aliphatic rings. The van der Waals surface area contributed by atoms with Gasteiger partial charge in [0.25, 0.3) is 5.91 Å². The first-order chi connectivity index (χ1) is 16.2. The summed E-state index contributed by atoms with van der Waals surface area (Å²) in [7, 11) is 0. The maximum absolute atomic E-state index is 13.4. The summed E-state index contributed by atoms with van der Waals surface area (Å²) in [6.45, 7) is 6.83. The van der Waals surface area contributed by atoms with Crippen molar-refractivity contribution in [1.29, 1.82) is 0 Å². The minimum Gasteiger partial charge on any atom is -0.388 e. The molecular formula is C27H40N4O3. The van der Waals surface area contributed by atoms with Crippen molar-refractivity contribution in [2.24, 2.45) is 11.3 Å². The smallest absolute Gasteiger partial charge is 0.273 e. The van der Waals surface area contributed by atoms with Crippen LogP contribution in [0.3, 0.4) is 0 Å². The van der Waals surface area contributed by atoms with Crippen LogP contribution in [0.25, 0.3) is 10.9 Å². The Morgan fingerprint density at radius 3 is 2.47 bits per heavy atom. The molecule has 186 valence electrons. The zero-order valence-corrected chi connectivity index (χ0v) is 20.9. The molecule has 0 aliphatic heterocycles. The molecule has 0 bridgehead atoms. The lowest BCUT2D eigenvalue weighted by Gasteiger charge is -2.31. The van der Waals surface area contributed by atoms with Crippen molar-refractivity contribution in [3.8, 4) is 0 Å². The zero-order valence-electron chi connectivity index (χ0n) is 20.9. The van der Waals surface area contributed by atoms with Crippen molar-refractivity contribution in [2.75, 3.05) is 6.54 Å². The van der Waals surface area contributed by atoms with Crippen LogP contribution < -0.4 is 10.6 Å². The molecule has 1 aromatic heterocycles. The average molecular weight is 469 g/mol. The molecule has 2 saturated carbocycles. The van der Waals surface area contributed by atoms with Crippen molar-refractivity contribution in [1.82, 2.24) is 20.4 Å². The predicted molar refractivity (Wildman–Crippen MR) is 133 cm³/mol. The van der Waals surface area contributed by atoms with Crippen LogP contribution in [-0.4, -0.2) is 44.9 Å². The molecule has 2 aliphatic carbocycles. The lowest BCUT2D eigenvalue weighted by Crippen LogP contribution is -2.55. The summed E-state index contributed by atoms with van der Waals surface area (Å²) in [6.07, 6.45) is 9.57. The largest absolute Gasteiger partial charge is 0.388 e. The van der Waals surface area contributed by atoms with E-state index in [0.717, 1.165) is 30.3 Å². The van der Waals surface area contributed by atoms with Gasteiger partial charge in [-0.05, 0) is 43.1 Å². The van der Waals surface area contributed by atoms with Crippen molar-refractivity contribution < 1.29 is 14.7 Å². The topological polar surface area (TPSA) is 96.2 Å². The molecule has 7 heteroatoms. The Morgan fingerprint density at radius 1 is 1.12 bits per heavy atom. The van der Waals surface area contributed by atoms with E-state index in [1.54, 1.807) is 0 Å². The quantitative estimate of drug-likeness (QED) is 0.568. The minimum absolute atomic E-state index is 0.216. The Morgan fingerprint density at radius 2 is 1.79 bits per heavy atom. The summed E-state index contributed by atoms with van der Waals surface area (Å²) in [5.74, 6) is -0.0252. The molecule has 0 saturated heterocycles. The van der Waals surface area contributed by atoms with Gasteiger partial charge in [-0.2, -0.15) is 5.10 Å². The molecule has 0 radical (unpaired) electrons. The first-order valence-corrected chi connectivity index (χ1v) is 12.9. The molecule has 3 N–H and O–H groups in total. The molecule has 2 aromatic rings. The highest BCUT2D eigenvalue weighted by Crippen LogP contribution is 2.30. The van der Waals surface area contributed by atoms with Crippen molar-refractivity contribution >= 4 is 22.7 Å². The van der Waals surface area contributed by atoms with Gasteiger partial charge in [-0.1, -0.05) is 71.1 Å². The Labute approximate surface area is 202 Å². The van der Waals surface area contributed by atoms with E-state index in [4.69, 9.17) is 5.10 Å². The monoisotopic (exact) mass is 468 g/mol. The first-order valence-electron chi connectivity index (χ1n) is 12.9. The summed E-state index contributed by atoms with van der Waals surface area (Å²) in [5.41, 5.74) is -0.0179.